The Morgan fingerprint density at radius 2 is 2.00 bits per heavy atom. The van der Waals surface area contributed by atoms with Crippen molar-refractivity contribution in [3.05, 3.63) is 71.7 Å². The van der Waals surface area contributed by atoms with Crippen molar-refractivity contribution < 1.29 is 9.53 Å². The van der Waals surface area contributed by atoms with E-state index < -0.39 is 0 Å². The Hall–Kier alpha value is -3.45. The number of hydrogen-bond acceptors (Lipinski definition) is 4. The molecule has 1 aliphatic heterocycles. The average Bonchev–Trinajstić information content (AvgIpc) is 3.23. The van der Waals surface area contributed by atoms with E-state index in [2.05, 4.69) is 10.3 Å². The molecule has 7 heteroatoms. The first-order chi connectivity index (χ1) is 14.1. The van der Waals surface area contributed by atoms with Crippen molar-refractivity contribution in [1.82, 2.24) is 19.8 Å². The number of fused-ring (bicyclic) bond motifs is 1. The van der Waals surface area contributed by atoms with Crippen LogP contribution >= 0.6 is 0 Å². The number of rotatable bonds is 5. The number of aliphatic imine (C=N–C) groups is 1. The van der Waals surface area contributed by atoms with Crippen molar-refractivity contribution in [3.8, 4) is 0 Å². The molecule has 7 nitrogen and oxygen atoms in total. The summed E-state index contributed by atoms with van der Waals surface area (Å²) in [7, 11) is 5.31. The van der Waals surface area contributed by atoms with Gasteiger partial charge >= 0.3 is 0 Å². The molecule has 148 valence electrons. The van der Waals surface area contributed by atoms with Crippen molar-refractivity contribution in [2.75, 3.05) is 20.8 Å². The van der Waals surface area contributed by atoms with Crippen LogP contribution in [0.1, 0.15) is 17.2 Å². The van der Waals surface area contributed by atoms with Gasteiger partial charge < -0.3 is 14.6 Å². The number of guanidine groups is 1. The van der Waals surface area contributed by atoms with Crippen LogP contribution in [-0.2, 0) is 16.6 Å². The molecular formula is C22H23N5O2. The molecule has 2 heterocycles. The quantitative estimate of drug-likeness (QED) is 0.681. The number of nitrogens with one attached hydrogen (secondary N) is 1. The number of carbonyl (C=O) groups excluding carboxylic acids is 1. The fraction of sp³-hybridized carbons (Fsp3) is 0.227. The second kappa shape index (κ2) is 7.89. The Bertz CT molecular complexity index is 1100. The Labute approximate surface area is 169 Å². The fourth-order valence-corrected chi connectivity index (χ4v) is 3.34. The van der Waals surface area contributed by atoms with Crippen LogP contribution in [0.2, 0.25) is 0 Å². The summed E-state index contributed by atoms with van der Waals surface area (Å²) >= 11 is 0. The van der Waals surface area contributed by atoms with Crippen molar-refractivity contribution in [2.24, 2.45) is 12.0 Å². The molecule has 0 radical (unpaired) electrons. The molecule has 3 aromatic rings. The smallest absolute Gasteiger partial charge is 0.276 e. The molecule has 0 aliphatic carbocycles. The Balaban J connectivity index is 1.64. The highest BCUT2D eigenvalue weighted by Crippen LogP contribution is 2.21. The summed E-state index contributed by atoms with van der Waals surface area (Å²) in [5.74, 6) is 0.381. The van der Waals surface area contributed by atoms with Crippen LogP contribution in [-0.4, -0.2) is 47.1 Å². The minimum atomic E-state index is -0.205. The predicted octanol–water partition coefficient (Wildman–Crippen LogP) is 2.72. The van der Waals surface area contributed by atoms with Gasteiger partial charge in [0.1, 0.15) is 11.7 Å². The van der Waals surface area contributed by atoms with E-state index in [4.69, 9.17) is 9.73 Å². The Kier molecular flexibility index (Phi) is 5.14. The molecule has 1 aliphatic rings. The number of aromatic nitrogens is 2. The van der Waals surface area contributed by atoms with Gasteiger partial charge in [-0.15, -0.1) is 0 Å². The number of hydrogen-bond donors (Lipinski definition) is 1. The highest BCUT2D eigenvalue weighted by atomic mass is 16.5. The zero-order chi connectivity index (χ0) is 20.4. The van der Waals surface area contributed by atoms with E-state index >= 15 is 0 Å². The lowest BCUT2D eigenvalue weighted by Gasteiger charge is -2.15. The number of likely N-dealkylation sites (N-methyl/N-ethyl adjacent to an activating group) is 1. The topological polar surface area (TPSA) is 71.7 Å². The van der Waals surface area contributed by atoms with E-state index in [1.165, 1.54) is 4.90 Å². The van der Waals surface area contributed by atoms with E-state index in [0.717, 1.165) is 22.2 Å². The SMILES string of the molecule is COCC(N=C1N/C(=C\c2ccc3ncn(C)c3c2)C(=O)N1C)c1ccccc1. The summed E-state index contributed by atoms with van der Waals surface area (Å²) in [5, 5.41) is 3.16. The van der Waals surface area contributed by atoms with Crippen LogP contribution < -0.4 is 5.32 Å². The number of ether oxygens (including phenoxy) is 1. The highest BCUT2D eigenvalue weighted by Gasteiger charge is 2.29. The van der Waals surface area contributed by atoms with Gasteiger partial charge in [-0.1, -0.05) is 36.4 Å². The van der Waals surface area contributed by atoms with Gasteiger partial charge in [0.05, 0.1) is 24.0 Å². The normalized spacial score (nSPS) is 18.0. The van der Waals surface area contributed by atoms with Gasteiger partial charge in [-0.25, -0.2) is 9.98 Å². The van der Waals surface area contributed by atoms with Gasteiger partial charge in [-0.05, 0) is 29.3 Å². The van der Waals surface area contributed by atoms with Gasteiger partial charge in [0.15, 0.2) is 0 Å². The molecule has 1 N–H and O–H groups in total. The minimum Gasteiger partial charge on any atom is -0.382 e. The van der Waals surface area contributed by atoms with E-state index in [1.807, 2.05) is 66.2 Å². The fourth-order valence-electron chi connectivity index (χ4n) is 3.34. The third-order valence-electron chi connectivity index (χ3n) is 4.95. The zero-order valence-electron chi connectivity index (χ0n) is 16.7. The number of imidazole rings is 1. The number of nitrogens with zero attached hydrogens (tertiary/aromatic N) is 4. The monoisotopic (exact) mass is 389 g/mol. The molecule has 1 aromatic heterocycles. The first-order valence-corrected chi connectivity index (χ1v) is 9.36. The maximum Gasteiger partial charge on any atom is 0.276 e. The molecule has 1 amide bonds. The van der Waals surface area contributed by atoms with Gasteiger partial charge in [-0.2, -0.15) is 0 Å². The van der Waals surface area contributed by atoms with E-state index in [0.29, 0.717) is 18.3 Å². The molecule has 29 heavy (non-hydrogen) atoms. The van der Waals surface area contributed by atoms with Crippen LogP contribution in [0.4, 0.5) is 0 Å². The second-order valence-electron chi connectivity index (χ2n) is 6.99. The number of carbonyl (C=O) groups is 1. The molecule has 2 aromatic carbocycles. The molecule has 1 unspecified atom stereocenters. The van der Waals surface area contributed by atoms with Crippen molar-refractivity contribution in [1.29, 1.82) is 0 Å². The first kappa shape index (κ1) is 18.9. The lowest BCUT2D eigenvalue weighted by Crippen LogP contribution is -2.29. The van der Waals surface area contributed by atoms with Crippen LogP contribution in [0.5, 0.6) is 0 Å². The first-order valence-electron chi connectivity index (χ1n) is 9.36. The maximum absolute atomic E-state index is 12.7. The molecule has 4 rings (SSSR count). The Morgan fingerprint density at radius 1 is 1.21 bits per heavy atom. The van der Waals surface area contributed by atoms with Gasteiger partial charge in [0.2, 0.25) is 5.96 Å². The minimum absolute atomic E-state index is 0.127. The molecule has 1 saturated heterocycles. The van der Waals surface area contributed by atoms with Crippen LogP contribution in [0, 0.1) is 0 Å². The van der Waals surface area contributed by atoms with Gasteiger partial charge in [0.25, 0.3) is 5.91 Å². The number of amides is 1. The highest BCUT2D eigenvalue weighted by molar-refractivity contribution is 6.15. The predicted molar refractivity (Wildman–Crippen MR) is 113 cm³/mol. The zero-order valence-corrected chi connectivity index (χ0v) is 16.7. The third-order valence-corrected chi connectivity index (χ3v) is 4.95. The number of aryl methyl sites for hydroxylation is 1. The van der Waals surface area contributed by atoms with Crippen molar-refractivity contribution >= 4 is 29.0 Å². The molecule has 0 bridgehead atoms. The molecule has 0 spiro atoms. The molecular weight excluding hydrogens is 366 g/mol. The van der Waals surface area contributed by atoms with Gasteiger partial charge in [-0.3, -0.25) is 9.69 Å². The summed E-state index contributed by atoms with van der Waals surface area (Å²) < 4.78 is 7.29. The van der Waals surface area contributed by atoms with E-state index in [9.17, 15) is 4.79 Å². The number of methoxy groups -OCH3 is 1. The van der Waals surface area contributed by atoms with Crippen LogP contribution in [0.25, 0.3) is 17.1 Å². The summed E-state index contributed by atoms with van der Waals surface area (Å²) in [5.41, 5.74) is 4.37. The lowest BCUT2D eigenvalue weighted by atomic mass is 10.1. The van der Waals surface area contributed by atoms with Crippen LogP contribution in [0.15, 0.2) is 65.5 Å². The van der Waals surface area contributed by atoms with Crippen molar-refractivity contribution in [3.63, 3.8) is 0 Å². The van der Waals surface area contributed by atoms with E-state index in [1.54, 1.807) is 20.5 Å². The van der Waals surface area contributed by atoms with Crippen LogP contribution in [0.3, 0.4) is 0 Å². The third kappa shape index (κ3) is 3.77. The Morgan fingerprint density at radius 3 is 2.76 bits per heavy atom. The summed E-state index contributed by atoms with van der Waals surface area (Å²) in [6.07, 6.45) is 3.61. The summed E-state index contributed by atoms with van der Waals surface area (Å²) in [6.45, 7) is 0.424. The standard InChI is InChI=1S/C22H23N5O2/c1-26-14-23-17-10-9-15(12-20(17)26)11-18-21(28)27(2)22(24-18)25-19(13-29-3)16-7-5-4-6-8-16/h4-12,14,19H,13H2,1-3H3,(H,24,25)/b18-11-. The molecule has 1 atom stereocenters. The second-order valence-corrected chi connectivity index (χ2v) is 6.99. The average molecular weight is 389 g/mol. The summed E-state index contributed by atoms with van der Waals surface area (Å²) in [6, 6.07) is 15.6. The maximum atomic E-state index is 12.7. The summed E-state index contributed by atoms with van der Waals surface area (Å²) in [4.78, 5) is 23.3. The molecule has 0 saturated carbocycles. The lowest BCUT2D eigenvalue weighted by molar-refractivity contribution is -0.121. The van der Waals surface area contributed by atoms with E-state index in [-0.39, 0.29) is 11.9 Å². The molecule has 1 fully saturated rings. The number of benzene rings is 2. The largest absolute Gasteiger partial charge is 0.382 e. The van der Waals surface area contributed by atoms with Crippen molar-refractivity contribution in [2.45, 2.75) is 6.04 Å². The van der Waals surface area contributed by atoms with Gasteiger partial charge in [0, 0.05) is 21.2 Å².